The molecule has 0 aliphatic carbocycles. The van der Waals surface area contributed by atoms with Crippen molar-refractivity contribution in [2.75, 3.05) is 32.9 Å². The first-order chi connectivity index (χ1) is 11.5. The van der Waals surface area contributed by atoms with E-state index < -0.39 is 28.1 Å². The van der Waals surface area contributed by atoms with Crippen LogP contribution in [0.1, 0.15) is 0 Å². The Balaban J connectivity index is 1.51. The Hall–Kier alpha value is -2.33. The van der Waals surface area contributed by atoms with Crippen LogP contribution in [0, 0.1) is 0 Å². The number of rotatable bonds is 3. The topological polar surface area (TPSA) is 102 Å². The van der Waals surface area contributed by atoms with E-state index in [1.165, 1.54) is 16.4 Å². The number of hydrogen-bond acceptors (Lipinski definition) is 7. The Morgan fingerprint density at radius 3 is 2.38 bits per heavy atom. The van der Waals surface area contributed by atoms with Crippen LogP contribution < -0.4 is 9.47 Å². The minimum Gasteiger partial charge on any atom is -0.486 e. The monoisotopic (exact) mass is 354 g/mol. The summed E-state index contributed by atoms with van der Waals surface area (Å²) in [6, 6.07) is 3.94. The number of cyclic esters (lactones) is 1. The summed E-state index contributed by atoms with van der Waals surface area (Å²) >= 11 is 0. The molecule has 0 unspecified atom stereocenters. The summed E-state index contributed by atoms with van der Waals surface area (Å²) in [7, 11) is -3.73. The SMILES string of the molecule is O=C1COC(=O)N1C1CN(S(=O)(=O)c2ccc3c(c2)OCCO3)C1. The zero-order valence-corrected chi connectivity index (χ0v) is 13.3. The zero-order valence-electron chi connectivity index (χ0n) is 12.5. The van der Waals surface area contributed by atoms with Gasteiger partial charge < -0.3 is 14.2 Å². The molecule has 3 aliphatic rings. The fourth-order valence-electron chi connectivity index (χ4n) is 2.83. The summed E-state index contributed by atoms with van der Waals surface area (Å²) in [6.07, 6.45) is -0.721. The van der Waals surface area contributed by atoms with Gasteiger partial charge in [0.1, 0.15) is 13.2 Å². The molecular weight excluding hydrogens is 340 g/mol. The van der Waals surface area contributed by atoms with Crippen molar-refractivity contribution in [3.63, 3.8) is 0 Å². The second-order valence-electron chi connectivity index (χ2n) is 5.60. The number of imide groups is 1. The minimum absolute atomic E-state index is 0.0532. The number of carbonyl (C=O) groups excluding carboxylic acids is 2. The third kappa shape index (κ3) is 2.29. The van der Waals surface area contributed by atoms with E-state index in [1.54, 1.807) is 6.07 Å². The van der Waals surface area contributed by atoms with Crippen molar-refractivity contribution < 1.29 is 32.2 Å². The Morgan fingerprint density at radius 1 is 1.00 bits per heavy atom. The molecule has 3 aliphatic heterocycles. The van der Waals surface area contributed by atoms with Gasteiger partial charge in [-0.2, -0.15) is 4.31 Å². The first-order valence-corrected chi connectivity index (χ1v) is 8.79. The molecule has 0 spiro atoms. The highest BCUT2D eigenvalue weighted by Crippen LogP contribution is 2.34. The van der Waals surface area contributed by atoms with Crippen LogP contribution in [0.3, 0.4) is 0 Å². The van der Waals surface area contributed by atoms with Crippen molar-refractivity contribution in [2.24, 2.45) is 0 Å². The Morgan fingerprint density at radius 2 is 1.71 bits per heavy atom. The molecule has 1 aromatic rings. The largest absolute Gasteiger partial charge is 0.486 e. The molecule has 1 aromatic carbocycles. The second kappa shape index (κ2) is 5.35. The van der Waals surface area contributed by atoms with Gasteiger partial charge >= 0.3 is 6.09 Å². The number of carbonyl (C=O) groups is 2. The second-order valence-corrected chi connectivity index (χ2v) is 7.54. The zero-order chi connectivity index (χ0) is 16.9. The maximum Gasteiger partial charge on any atom is 0.417 e. The van der Waals surface area contributed by atoms with E-state index >= 15 is 0 Å². The van der Waals surface area contributed by atoms with Crippen molar-refractivity contribution >= 4 is 22.0 Å². The minimum atomic E-state index is -3.73. The summed E-state index contributed by atoms with van der Waals surface area (Å²) in [6.45, 7) is 0.605. The molecule has 2 saturated heterocycles. The number of ether oxygens (including phenoxy) is 3. The van der Waals surface area contributed by atoms with Crippen molar-refractivity contribution in [2.45, 2.75) is 10.9 Å². The van der Waals surface area contributed by atoms with Crippen molar-refractivity contribution in [3.05, 3.63) is 18.2 Å². The summed E-state index contributed by atoms with van der Waals surface area (Å²) in [5.74, 6) is 0.450. The van der Waals surface area contributed by atoms with Gasteiger partial charge in [0, 0.05) is 19.2 Å². The van der Waals surface area contributed by atoms with E-state index in [2.05, 4.69) is 4.74 Å². The Kier molecular flexibility index (Phi) is 3.39. The molecule has 4 rings (SSSR count). The summed E-state index contributed by atoms with van der Waals surface area (Å²) in [5.41, 5.74) is 0. The molecule has 24 heavy (non-hydrogen) atoms. The molecule has 0 N–H and O–H groups in total. The highest BCUT2D eigenvalue weighted by Gasteiger charge is 2.46. The van der Waals surface area contributed by atoms with Gasteiger partial charge in [-0.1, -0.05) is 0 Å². The molecule has 0 aromatic heterocycles. The standard InChI is InChI=1S/C14H14N2O7S/c17-13-8-23-14(18)16(13)9-6-15(7-9)24(19,20)10-1-2-11-12(5-10)22-4-3-21-11/h1-2,5,9H,3-4,6-8H2. The average molecular weight is 354 g/mol. The number of benzene rings is 1. The summed E-state index contributed by atoms with van der Waals surface area (Å²) < 4.78 is 41.9. The van der Waals surface area contributed by atoms with E-state index in [1.807, 2.05) is 0 Å². The molecule has 128 valence electrons. The number of sulfonamides is 1. The lowest BCUT2D eigenvalue weighted by Crippen LogP contribution is -2.62. The van der Waals surface area contributed by atoms with E-state index in [4.69, 9.17) is 9.47 Å². The highest BCUT2D eigenvalue weighted by molar-refractivity contribution is 7.89. The lowest BCUT2D eigenvalue weighted by Gasteiger charge is -2.40. The lowest BCUT2D eigenvalue weighted by molar-refractivity contribution is -0.128. The molecule has 2 fully saturated rings. The van der Waals surface area contributed by atoms with Crippen molar-refractivity contribution in [1.82, 2.24) is 9.21 Å². The molecule has 0 bridgehead atoms. The van der Waals surface area contributed by atoms with Crippen LogP contribution in [0.15, 0.2) is 23.1 Å². The molecule has 0 radical (unpaired) electrons. The number of nitrogens with zero attached hydrogens (tertiary/aromatic N) is 2. The summed E-state index contributed by atoms with van der Waals surface area (Å²) in [4.78, 5) is 24.1. The van der Waals surface area contributed by atoms with Crippen LogP contribution in [0.5, 0.6) is 11.5 Å². The maximum atomic E-state index is 12.6. The highest BCUT2D eigenvalue weighted by atomic mass is 32.2. The molecule has 0 saturated carbocycles. The van der Waals surface area contributed by atoms with E-state index in [-0.39, 0.29) is 24.6 Å². The molecule has 10 heteroatoms. The smallest absolute Gasteiger partial charge is 0.417 e. The number of hydrogen-bond donors (Lipinski definition) is 0. The van der Waals surface area contributed by atoms with E-state index in [0.717, 1.165) is 4.90 Å². The van der Waals surface area contributed by atoms with E-state index in [0.29, 0.717) is 24.7 Å². The van der Waals surface area contributed by atoms with Crippen LogP contribution in [0.25, 0.3) is 0 Å². The van der Waals surface area contributed by atoms with Crippen molar-refractivity contribution in [1.29, 1.82) is 0 Å². The fraction of sp³-hybridized carbons (Fsp3) is 0.429. The van der Waals surface area contributed by atoms with Gasteiger partial charge in [0.15, 0.2) is 18.1 Å². The predicted molar refractivity (Wildman–Crippen MR) is 78.2 cm³/mol. The van der Waals surface area contributed by atoms with Crippen LogP contribution >= 0.6 is 0 Å². The van der Waals surface area contributed by atoms with Crippen LogP contribution in [-0.4, -0.2) is 68.6 Å². The van der Waals surface area contributed by atoms with Gasteiger partial charge in [-0.15, -0.1) is 0 Å². The van der Waals surface area contributed by atoms with Gasteiger partial charge in [0.2, 0.25) is 10.0 Å². The van der Waals surface area contributed by atoms with Crippen LogP contribution in [0.2, 0.25) is 0 Å². The molecule has 3 heterocycles. The quantitative estimate of drug-likeness (QED) is 0.741. The molecule has 9 nitrogen and oxygen atoms in total. The maximum absolute atomic E-state index is 12.6. The first-order valence-electron chi connectivity index (χ1n) is 7.35. The number of amides is 2. The molecule has 2 amide bonds. The van der Waals surface area contributed by atoms with Gasteiger partial charge in [0.05, 0.1) is 10.9 Å². The van der Waals surface area contributed by atoms with Crippen molar-refractivity contribution in [3.8, 4) is 11.5 Å². The van der Waals surface area contributed by atoms with Gasteiger partial charge in [0.25, 0.3) is 5.91 Å². The average Bonchev–Trinajstić information content (AvgIpc) is 2.85. The van der Waals surface area contributed by atoms with Crippen LogP contribution in [0.4, 0.5) is 4.79 Å². The Labute approximate surface area is 137 Å². The van der Waals surface area contributed by atoms with Gasteiger partial charge in [-0.3, -0.25) is 4.79 Å². The predicted octanol–water partition coefficient (Wildman–Crippen LogP) is -0.191. The lowest BCUT2D eigenvalue weighted by atomic mass is 10.1. The molecule has 0 atom stereocenters. The van der Waals surface area contributed by atoms with Crippen LogP contribution in [-0.2, 0) is 19.6 Å². The van der Waals surface area contributed by atoms with Gasteiger partial charge in [-0.25, -0.2) is 18.1 Å². The molecular formula is C14H14N2O7S. The van der Waals surface area contributed by atoms with E-state index in [9.17, 15) is 18.0 Å². The van der Waals surface area contributed by atoms with Gasteiger partial charge in [-0.05, 0) is 12.1 Å². The Bertz CT molecular complexity index is 800. The third-order valence-electron chi connectivity index (χ3n) is 4.13. The third-order valence-corrected chi connectivity index (χ3v) is 5.96. The normalized spacial score (nSPS) is 21.6. The summed E-state index contributed by atoms with van der Waals surface area (Å²) in [5, 5.41) is 0. The fourth-order valence-corrected chi connectivity index (χ4v) is 4.36. The first kappa shape index (κ1) is 15.2. The number of fused-ring (bicyclic) bond motifs is 1.